The molecule has 0 aliphatic heterocycles. The zero-order valence-corrected chi connectivity index (χ0v) is 8.03. The molecule has 3 rings (SSSR count). The Hall–Kier alpha value is -2.50. The number of rotatable bonds is 1. The van der Waals surface area contributed by atoms with Gasteiger partial charge in [-0.25, -0.2) is 4.79 Å². The first-order chi connectivity index (χ1) is 7.77. The molecule has 1 N–H and O–H groups in total. The van der Waals surface area contributed by atoms with Crippen molar-refractivity contribution in [3.05, 3.63) is 36.5 Å². The van der Waals surface area contributed by atoms with Crippen molar-refractivity contribution >= 4 is 22.4 Å². The standard InChI is InChI=1S/C10H6N4O2/c15-10(16)9-13-12-8-7-1-3-11-5-6(7)2-4-14(8)9/h1-5H,(H,15,16). The first kappa shape index (κ1) is 8.78. The number of carbonyl (C=O) groups is 1. The lowest BCUT2D eigenvalue weighted by Gasteiger charge is -1.99. The molecule has 0 radical (unpaired) electrons. The maximum Gasteiger partial charge on any atom is 0.374 e. The van der Waals surface area contributed by atoms with E-state index >= 15 is 0 Å². The van der Waals surface area contributed by atoms with Crippen LogP contribution >= 0.6 is 0 Å². The van der Waals surface area contributed by atoms with Crippen molar-refractivity contribution in [1.29, 1.82) is 0 Å². The Labute approximate surface area is 89.2 Å². The molecule has 78 valence electrons. The molecule has 0 fully saturated rings. The summed E-state index contributed by atoms with van der Waals surface area (Å²) in [4.78, 5) is 14.9. The van der Waals surface area contributed by atoms with Gasteiger partial charge in [-0.15, -0.1) is 10.2 Å². The van der Waals surface area contributed by atoms with Crippen molar-refractivity contribution in [3.8, 4) is 0 Å². The fourth-order valence-electron chi connectivity index (χ4n) is 1.66. The van der Waals surface area contributed by atoms with Crippen molar-refractivity contribution < 1.29 is 9.90 Å². The van der Waals surface area contributed by atoms with Gasteiger partial charge in [-0.2, -0.15) is 0 Å². The lowest BCUT2D eigenvalue weighted by molar-refractivity contribution is 0.0682. The Balaban J connectivity index is 2.49. The summed E-state index contributed by atoms with van der Waals surface area (Å²) in [5, 5.41) is 18.2. The molecule has 3 heterocycles. The van der Waals surface area contributed by atoms with Gasteiger partial charge in [0, 0.05) is 29.4 Å². The molecule has 0 bridgehead atoms. The van der Waals surface area contributed by atoms with Crippen molar-refractivity contribution in [3.63, 3.8) is 0 Å². The summed E-state index contributed by atoms with van der Waals surface area (Å²) in [6.45, 7) is 0. The molecule has 0 saturated heterocycles. The third-order valence-corrected chi connectivity index (χ3v) is 2.38. The second kappa shape index (κ2) is 2.99. The number of aromatic carboxylic acids is 1. The molecule has 6 nitrogen and oxygen atoms in total. The van der Waals surface area contributed by atoms with Crippen LogP contribution in [0.15, 0.2) is 30.7 Å². The highest BCUT2D eigenvalue weighted by Crippen LogP contribution is 2.17. The van der Waals surface area contributed by atoms with Gasteiger partial charge in [0.25, 0.3) is 0 Å². The number of hydrogen-bond acceptors (Lipinski definition) is 4. The van der Waals surface area contributed by atoms with Gasteiger partial charge < -0.3 is 5.11 Å². The molecule has 0 spiro atoms. The summed E-state index contributed by atoms with van der Waals surface area (Å²) in [7, 11) is 0. The molecule has 0 aliphatic carbocycles. The third-order valence-electron chi connectivity index (χ3n) is 2.38. The topological polar surface area (TPSA) is 80.4 Å². The highest BCUT2D eigenvalue weighted by Gasteiger charge is 2.13. The van der Waals surface area contributed by atoms with Crippen LogP contribution in [0.2, 0.25) is 0 Å². The van der Waals surface area contributed by atoms with Gasteiger partial charge in [0.2, 0.25) is 5.82 Å². The number of nitrogens with zero attached hydrogens (tertiary/aromatic N) is 4. The Bertz CT molecular complexity index is 704. The molecular weight excluding hydrogens is 208 g/mol. The quantitative estimate of drug-likeness (QED) is 0.653. The fourth-order valence-corrected chi connectivity index (χ4v) is 1.66. The van der Waals surface area contributed by atoms with E-state index in [1.807, 2.05) is 0 Å². The average molecular weight is 214 g/mol. The molecule has 0 atom stereocenters. The Kier molecular flexibility index (Phi) is 1.64. The predicted octanol–water partition coefficient (Wildman–Crippen LogP) is 0.976. The summed E-state index contributed by atoms with van der Waals surface area (Å²) in [6.07, 6.45) is 4.96. The molecule has 0 aromatic carbocycles. The van der Waals surface area contributed by atoms with Crippen LogP contribution < -0.4 is 0 Å². The summed E-state index contributed by atoms with van der Waals surface area (Å²) >= 11 is 0. The summed E-state index contributed by atoms with van der Waals surface area (Å²) in [5.74, 6) is -1.19. The van der Waals surface area contributed by atoms with E-state index in [2.05, 4.69) is 15.2 Å². The van der Waals surface area contributed by atoms with Gasteiger partial charge in [0.05, 0.1) is 0 Å². The lowest BCUT2D eigenvalue weighted by Crippen LogP contribution is -2.03. The minimum Gasteiger partial charge on any atom is -0.475 e. The van der Waals surface area contributed by atoms with Crippen LogP contribution in [0.25, 0.3) is 16.4 Å². The van der Waals surface area contributed by atoms with Gasteiger partial charge in [-0.3, -0.25) is 9.38 Å². The van der Waals surface area contributed by atoms with E-state index < -0.39 is 5.97 Å². The van der Waals surface area contributed by atoms with Crippen LogP contribution in [0.3, 0.4) is 0 Å². The monoisotopic (exact) mass is 214 g/mol. The van der Waals surface area contributed by atoms with Crippen molar-refractivity contribution in [2.45, 2.75) is 0 Å². The van der Waals surface area contributed by atoms with Crippen molar-refractivity contribution in [1.82, 2.24) is 19.6 Å². The zero-order valence-electron chi connectivity index (χ0n) is 8.03. The van der Waals surface area contributed by atoms with E-state index in [1.165, 1.54) is 4.40 Å². The van der Waals surface area contributed by atoms with E-state index in [-0.39, 0.29) is 5.82 Å². The normalized spacial score (nSPS) is 11.0. The minimum atomic E-state index is -1.10. The van der Waals surface area contributed by atoms with E-state index in [9.17, 15) is 4.79 Å². The number of aromatic nitrogens is 4. The molecule has 3 aromatic rings. The number of carboxylic acids is 1. The molecule has 0 aliphatic rings. The smallest absolute Gasteiger partial charge is 0.374 e. The van der Waals surface area contributed by atoms with Crippen LogP contribution in [-0.4, -0.2) is 30.7 Å². The van der Waals surface area contributed by atoms with Gasteiger partial charge >= 0.3 is 5.97 Å². The second-order valence-corrected chi connectivity index (χ2v) is 3.30. The predicted molar refractivity (Wildman–Crippen MR) is 55.2 cm³/mol. The number of fused-ring (bicyclic) bond motifs is 3. The largest absolute Gasteiger partial charge is 0.475 e. The van der Waals surface area contributed by atoms with Gasteiger partial charge in [0.15, 0.2) is 5.65 Å². The van der Waals surface area contributed by atoms with Crippen LogP contribution in [0, 0.1) is 0 Å². The minimum absolute atomic E-state index is 0.0892. The Morgan fingerprint density at radius 2 is 2.19 bits per heavy atom. The highest BCUT2D eigenvalue weighted by atomic mass is 16.4. The van der Waals surface area contributed by atoms with E-state index in [1.54, 1.807) is 30.7 Å². The highest BCUT2D eigenvalue weighted by molar-refractivity contribution is 5.95. The van der Waals surface area contributed by atoms with E-state index in [4.69, 9.17) is 5.11 Å². The molecule has 0 amide bonds. The SMILES string of the molecule is O=C(O)c1nnc2c3ccncc3ccn12. The Morgan fingerprint density at radius 1 is 1.31 bits per heavy atom. The molecule has 6 heteroatoms. The van der Waals surface area contributed by atoms with Gasteiger partial charge in [-0.1, -0.05) is 0 Å². The van der Waals surface area contributed by atoms with Crippen LogP contribution in [-0.2, 0) is 0 Å². The number of carboxylic acid groups (broad SMARTS) is 1. The van der Waals surface area contributed by atoms with Gasteiger partial charge in [0.1, 0.15) is 0 Å². The first-order valence-corrected chi connectivity index (χ1v) is 4.58. The van der Waals surface area contributed by atoms with Crippen molar-refractivity contribution in [2.75, 3.05) is 0 Å². The average Bonchev–Trinajstić information content (AvgIpc) is 2.73. The lowest BCUT2D eigenvalue weighted by atomic mass is 10.2. The summed E-state index contributed by atoms with van der Waals surface area (Å²) in [5.41, 5.74) is 0.525. The molecule has 3 aromatic heterocycles. The molecule has 0 unspecified atom stereocenters. The molecule has 16 heavy (non-hydrogen) atoms. The maximum absolute atomic E-state index is 10.9. The number of hydrogen-bond donors (Lipinski definition) is 1. The second-order valence-electron chi connectivity index (χ2n) is 3.30. The molecule has 0 saturated carbocycles. The summed E-state index contributed by atoms with van der Waals surface area (Å²) in [6, 6.07) is 3.57. The van der Waals surface area contributed by atoms with Gasteiger partial charge in [-0.05, 0) is 12.1 Å². The van der Waals surface area contributed by atoms with E-state index in [0.717, 1.165) is 10.8 Å². The van der Waals surface area contributed by atoms with Crippen LogP contribution in [0.5, 0.6) is 0 Å². The fraction of sp³-hybridized carbons (Fsp3) is 0. The first-order valence-electron chi connectivity index (χ1n) is 4.58. The summed E-state index contributed by atoms with van der Waals surface area (Å²) < 4.78 is 1.45. The maximum atomic E-state index is 10.9. The van der Waals surface area contributed by atoms with Crippen LogP contribution in [0.1, 0.15) is 10.6 Å². The van der Waals surface area contributed by atoms with Crippen LogP contribution in [0.4, 0.5) is 0 Å². The van der Waals surface area contributed by atoms with Crippen molar-refractivity contribution in [2.24, 2.45) is 0 Å². The third kappa shape index (κ3) is 1.07. The van der Waals surface area contributed by atoms with E-state index in [0.29, 0.717) is 5.65 Å². The Morgan fingerprint density at radius 3 is 3.00 bits per heavy atom. The zero-order chi connectivity index (χ0) is 11.1. The molecular formula is C10H6N4O2. The number of pyridine rings is 2.